The van der Waals surface area contributed by atoms with Crippen molar-refractivity contribution in [2.24, 2.45) is 5.92 Å². The number of anilines is 1. The van der Waals surface area contributed by atoms with Crippen LogP contribution in [0.5, 0.6) is 5.88 Å². The number of nitrogens with zero attached hydrogens (tertiary/aromatic N) is 3. The normalized spacial score (nSPS) is 22.3. The van der Waals surface area contributed by atoms with Crippen LogP contribution in [-0.4, -0.2) is 61.1 Å². The number of rotatable bonds is 5. The Balaban J connectivity index is 1.65. The van der Waals surface area contributed by atoms with Crippen LogP contribution in [0.25, 0.3) is 11.3 Å². The Morgan fingerprint density at radius 2 is 1.77 bits per heavy atom. The minimum absolute atomic E-state index is 0.0372. The number of aromatic nitrogens is 2. The van der Waals surface area contributed by atoms with Crippen LogP contribution in [0.1, 0.15) is 54.6 Å². The van der Waals surface area contributed by atoms with Gasteiger partial charge < -0.3 is 14.4 Å². The summed E-state index contributed by atoms with van der Waals surface area (Å²) in [7, 11) is -2.42. The zero-order valence-electron chi connectivity index (χ0n) is 23.5. The first kappa shape index (κ1) is 28.0. The number of carbonyl (C=O) groups is 1. The van der Waals surface area contributed by atoms with E-state index < -0.39 is 10.0 Å². The number of aryl methyl sites for hydroxylation is 2. The van der Waals surface area contributed by atoms with Gasteiger partial charge in [0, 0.05) is 30.3 Å². The van der Waals surface area contributed by atoms with Crippen molar-refractivity contribution < 1.29 is 22.7 Å². The van der Waals surface area contributed by atoms with Gasteiger partial charge in [-0.25, -0.2) is 18.1 Å². The highest BCUT2D eigenvalue weighted by Crippen LogP contribution is 2.34. The number of methoxy groups -OCH3 is 1. The molecule has 0 unspecified atom stereocenters. The second-order valence-electron chi connectivity index (χ2n) is 11.1. The van der Waals surface area contributed by atoms with Gasteiger partial charge in [0.25, 0.3) is 15.9 Å². The summed E-state index contributed by atoms with van der Waals surface area (Å²) in [5.41, 5.74) is 3.74. The lowest BCUT2D eigenvalue weighted by atomic mass is 9.85. The molecular weight excluding hydrogens is 528 g/mol. The Hall–Kier alpha value is -3.50. The molecule has 1 atom stereocenters. The third-order valence-electron chi connectivity index (χ3n) is 7.65. The highest BCUT2D eigenvalue weighted by Gasteiger charge is 2.41. The summed E-state index contributed by atoms with van der Waals surface area (Å²) in [4.78, 5) is 24.9. The molecule has 1 aliphatic heterocycles. The van der Waals surface area contributed by atoms with Crippen molar-refractivity contribution in [1.82, 2.24) is 14.9 Å². The highest BCUT2D eigenvalue weighted by molar-refractivity contribution is 7.92. The van der Waals surface area contributed by atoms with E-state index in [1.165, 1.54) is 12.1 Å². The molecule has 0 saturated heterocycles. The molecule has 0 radical (unpaired) electrons. The van der Waals surface area contributed by atoms with Gasteiger partial charge >= 0.3 is 0 Å². The second-order valence-corrected chi connectivity index (χ2v) is 12.8. The molecule has 1 saturated carbocycles. The zero-order valence-corrected chi connectivity index (χ0v) is 24.4. The van der Waals surface area contributed by atoms with E-state index in [1.807, 2.05) is 36.9 Å². The lowest BCUT2D eigenvalue weighted by Gasteiger charge is -2.46. The number of carbonyl (C=O) groups excluding carboxylic acids is 1. The van der Waals surface area contributed by atoms with Crippen LogP contribution >= 0.6 is 0 Å². The molecule has 9 nitrogen and oxygen atoms in total. The van der Waals surface area contributed by atoms with E-state index in [-0.39, 0.29) is 53.3 Å². The van der Waals surface area contributed by atoms with Crippen LogP contribution in [0.2, 0.25) is 0 Å². The molecule has 1 aliphatic carbocycles. The first-order chi connectivity index (χ1) is 19.1. The van der Waals surface area contributed by atoms with Gasteiger partial charge in [-0.3, -0.25) is 4.79 Å². The fraction of sp³-hybridized carbons (Fsp3) is 0.433. The molecule has 10 heteroatoms. The Labute approximate surface area is 236 Å². The maximum absolute atomic E-state index is 14.0. The van der Waals surface area contributed by atoms with E-state index in [0.29, 0.717) is 30.5 Å². The fourth-order valence-corrected chi connectivity index (χ4v) is 6.58. The molecule has 0 spiro atoms. The summed E-state index contributed by atoms with van der Waals surface area (Å²) in [5.74, 6) is 0.211. The summed E-state index contributed by atoms with van der Waals surface area (Å²) in [5, 5.41) is 0. The van der Waals surface area contributed by atoms with E-state index in [2.05, 4.69) is 28.5 Å². The minimum atomic E-state index is -4.10. The number of hydrogen-bond acceptors (Lipinski definition) is 7. The number of benzene rings is 2. The molecule has 2 aliphatic rings. The van der Waals surface area contributed by atoms with Crippen LogP contribution in [0, 0.1) is 19.8 Å². The van der Waals surface area contributed by atoms with Gasteiger partial charge in [0.15, 0.2) is 0 Å². The maximum Gasteiger partial charge on any atom is 0.264 e. The molecule has 3 aromatic rings. The van der Waals surface area contributed by atoms with E-state index >= 15 is 0 Å². The summed E-state index contributed by atoms with van der Waals surface area (Å²) < 4.78 is 41.2. The smallest absolute Gasteiger partial charge is 0.264 e. The predicted molar refractivity (Wildman–Crippen MR) is 153 cm³/mol. The lowest BCUT2D eigenvalue weighted by Crippen LogP contribution is -2.56. The number of sulfonamides is 1. The van der Waals surface area contributed by atoms with Gasteiger partial charge in [-0.1, -0.05) is 38.1 Å². The SMILES string of the molecule is COC1CC(N2C(=O)c3cccc(c3)S(=O)(=O)Nc3nc(cc(-c4c(C)cccc4C)n3)OC[C@H]2CC(C)C)C1. The largest absolute Gasteiger partial charge is 0.475 e. The van der Waals surface area contributed by atoms with Crippen molar-refractivity contribution in [1.29, 1.82) is 0 Å². The maximum atomic E-state index is 14.0. The van der Waals surface area contributed by atoms with Crippen LogP contribution in [0.4, 0.5) is 5.95 Å². The summed E-state index contributed by atoms with van der Waals surface area (Å²) in [6.45, 7) is 8.39. The quantitative estimate of drug-likeness (QED) is 0.465. The van der Waals surface area contributed by atoms with Gasteiger partial charge in [-0.15, -0.1) is 0 Å². The van der Waals surface area contributed by atoms with E-state index in [9.17, 15) is 13.2 Å². The highest BCUT2D eigenvalue weighted by atomic mass is 32.2. The summed E-state index contributed by atoms with van der Waals surface area (Å²) in [6, 6.07) is 13.5. The van der Waals surface area contributed by atoms with Crippen molar-refractivity contribution in [2.75, 3.05) is 18.4 Å². The molecular formula is C30H36N4O5S. The average molecular weight is 565 g/mol. The van der Waals surface area contributed by atoms with Crippen molar-refractivity contribution >= 4 is 21.9 Å². The number of fused-ring (bicyclic) bond motifs is 4. The molecule has 212 valence electrons. The van der Waals surface area contributed by atoms with E-state index in [1.54, 1.807) is 25.3 Å². The predicted octanol–water partition coefficient (Wildman–Crippen LogP) is 4.99. The Bertz CT molecular complexity index is 1500. The number of hydrogen-bond donors (Lipinski definition) is 1. The zero-order chi connectivity index (χ0) is 28.6. The van der Waals surface area contributed by atoms with Crippen molar-refractivity contribution in [3.05, 3.63) is 65.2 Å². The standard InChI is InChI=1S/C30H36N4O5S/c1-18(2)12-23-17-39-27-16-26(28-19(3)8-6-9-20(28)4)31-30(32-27)33-40(36,37)25-11-7-10-21(13-25)29(35)34(23)22-14-24(15-22)38-5/h6-11,13,16,18,22-24H,12,14-15,17H2,1-5H3,(H,31,32,33)/t22?,23-,24?/m1/s1. The van der Waals surface area contributed by atoms with Gasteiger partial charge in [-0.2, -0.15) is 4.98 Å². The molecule has 2 aromatic carbocycles. The third-order valence-corrected chi connectivity index (χ3v) is 8.97. The lowest BCUT2D eigenvalue weighted by molar-refractivity contribution is -0.0390. The minimum Gasteiger partial charge on any atom is -0.475 e. The Kier molecular flexibility index (Phi) is 7.83. The second kappa shape index (κ2) is 11.2. The first-order valence-electron chi connectivity index (χ1n) is 13.6. The third kappa shape index (κ3) is 5.69. The van der Waals surface area contributed by atoms with Crippen LogP contribution in [-0.2, 0) is 14.8 Å². The molecule has 1 fully saturated rings. The molecule has 1 N–H and O–H groups in total. The fourth-order valence-electron chi connectivity index (χ4n) is 5.59. The van der Waals surface area contributed by atoms with Crippen LogP contribution in [0.15, 0.2) is 53.4 Å². The molecule has 4 bridgehead atoms. The monoisotopic (exact) mass is 564 g/mol. The van der Waals surface area contributed by atoms with E-state index in [4.69, 9.17) is 9.47 Å². The molecule has 1 amide bonds. The van der Waals surface area contributed by atoms with Gasteiger partial charge in [-0.05, 0) is 68.4 Å². The topological polar surface area (TPSA) is 111 Å². The van der Waals surface area contributed by atoms with E-state index in [0.717, 1.165) is 16.7 Å². The summed E-state index contributed by atoms with van der Waals surface area (Å²) in [6.07, 6.45) is 2.22. The number of ether oxygens (including phenoxy) is 2. The van der Waals surface area contributed by atoms with Crippen molar-refractivity contribution in [3.8, 4) is 17.1 Å². The average Bonchev–Trinajstić information content (AvgIpc) is 2.87. The molecule has 5 rings (SSSR count). The Morgan fingerprint density at radius 3 is 2.45 bits per heavy atom. The number of nitrogens with one attached hydrogen (secondary N) is 1. The van der Waals surface area contributed by atoms with Crippen LogP contribution in [0.3, 0.4) is 0 Å². The molecule has 40 heavy (non-hydrogen) atoms. The van der Waals surface area contributed by atoms with Crippen LogP contribution < -0.4 is 9.46 Å². The molecule has 2 heterocycles. The van der Waals surface area contributed by atoms with Crippen molar-refractivity contribution in [2.45, 2.75) is 70.0 Å². The first-order valence-corrected chi connectivity index (χ1v) is 15.1. The molecule has 1 aromatic heterocycles. The van der Waals surface area contributed by atoms with Gasteiger partial charge in [0.05, 0.1) is 22.7 Å². The van der Waals surface area contributed by atoms with Gasteiger partial charge in [0.2, 0.25) is 11.8 Å². The number of amides is 1. The summed E-state index contributed by atoms with van der Waals surface area (Å²) >= 11 is 0. The van der Waals surface area contributed by atoms with Gasteiger partial charge in [0.1, 0.15) is 6.61 Å². The van der Waals surface area contributed by atoms with Crippen molar-refractivity contribution in [3.63, 3.8) is 0 Å². The Morgan fingerprint density at radius 1 is 1.07 bits per heavy atom.